The van der Waals surface area contributed by atoms with Crippen molar-refractivity contribution in [2.24, 2.45) is 0 Å². The monoisotopic (exact) mass is 207 g/mol. The zero-order valence-corrected chi connectivity index (χ0v) is 8.70. The van der Waals surface area contributed by atoms with Gasteiger partial charge in [0.25, 0.3) is 0 Å². The summed E-state index contributed by atoms with van der Waals surface area (Å²) < 4.78 is 3.48. The van der Waals surface area contributed by atoms with Crippen LogP contribution in [0.4, 0.5) is 5.82 Å². The van der Waals surface area contributed by atoms with E-state index in [2.05, 4.69) is 20.4 Å². The third-order valence-corrected chi connectivity index (χ3v) is 2.00. The van der Waals surface area contributed by atoms with E-state index in [1.165, 1.54) is 6.33 Å². The molecule has 0 aromatic carbocycles. The first-order chi connectivity index (χ1) is 7.16. The van der Waals surface area contributed by atoms with Crippen LogP contribution in [0.25, 0.3) is 0 Å². The van der Waals surface area contributed by atoms with Crippen LogP contribution in [0, 0.1) is 0 Å². The zero-order valence-electron chi connectivity index (χ0n) is 8.70. The summed E-state index contributed by atoms with van der Waals surface area (Å²) in [5.74, 6) is 1.25. The summed E-state index contributed by atoms with van der Waals surface area (Å²) in [5, 5.41) is 11.7. The van der Waals surface area contributed by atoms with Crippen molar-refractivity contribution in [3.05, 3.63) is 18.3 Å². The van der Waals surface area contributed by atoms with E-state index in [0.29, 0.717) is 12.4 Å². The molecule has 0 aliphatic rings. The van der Waals surface area contributed by atoms with E-state index in [1.54, 1.807) is 10.9 Å². The molecule has 0 atom stereocenters. The number of hydrogen-bond donors (Lipinski definition) is 1. The second-order valence-electron chi connectivity index (χ2n) is 3.56. The van der Waals surface area contributed by atoms with Crippen LogP contribution in [0.15, 0.2) is 12.5 Å². The van der Waals surface area contributed by atoms with Crippen LogP contribution in [-0.2, 0) is 6.54 Å². The van der Waals surface area contributed by atoms with Crippen molar-refractivity contribution in [1.29, 1.82) is 0 Å². The van der Waals surface area contributed by atoms with E-state index in [1.807, 2.05) is 18.5 Å². The van der Waals surface area contributed by atoms with Crippen molar-refractivity contribution in [1.82, 2.24) is 29.8 Å². The number of nitrogens with two attached hydrogens (primary N) is 1. The van der Waals surface area contributed by atoms with Gasteiger partial charge in [-0.15, -0.1) is 5.10 Å². The quantitative estimate of drug-likeness (QED) is 0.770. The fraction of sp³-hybridized carbons (Fsp3) is 0.500. The highest BCUT2D eigenvalue weighted by molar-refractivity contribution is 5.20. The molecule has 2 N–H and O–H groups in total. The van der Waals surface area contributed by atoms with Crippen LogP contribution >= 0.6 is 0 Å². The maximum absolute atomic E-state index is 5.47. The Morgan fingerprint density at radius 1 is 1.47 bits per heavy atom. The van der Waals surface area contributed by atoms with Crippen molar-refractivity contribution in [3.8, 4) is 0 Å². The summed E-state index contributed by atoms with van der Waals surface area (Å²) >= 11 is 0. The Labute approximate surface area is 86.9 Å². The van der Waals surface area contributed by atoms with Gasteiger partial charge >= 0.3 is 0 Å². The third-order valence-electron chi connectivity index (χ3n) is 2.00. The molecule has 0 fully saturated rings. The fourth-order valence-corrected chi connectivity index (χ4v) is 1.35. The number of rotatable bonds is 3. The van der Waals surface area contributed by atoms with E-state index >= 15 is 0 Å². The maximum Gasteiger partial charge on any atom is 0.165 e. The minimum Gasteiger partial charge on any atom is -0.381 e. The standard InChI is InChI=1S/C8H13N7/c1-6(2)15-8(10-5-11-15)4-14-3-7(9)12-13-14/h3,5-6H,4,9H2,1-2H3. The Morgan fingerprint density at radius 2 is 2.27 bits per heavy atom. The summed E-state index contributed by atoms with van der Waals surface area (Å²) in [6, 6.07) is 0.281. The molecule has 0 unspecified atom stereocenters. The van der Waals surface area contributed by atoms with Crippen molar-refractivity contribution in [2.75, 3.05) is 5.73 Å². The van der Waals surface area contributed by atoms with Gasteiger partial charge in [-0.1, -0.05) is 5.21 Å². The molecule has 2 aromatic rings. The van der Waals surface area contributed by atoms with E-state index in [9.17, 15) is 0 Å². The number of anilines is 1. The maximum atomic E-state index is 5.47. The van der Waals surface area contributed by atoms with Crippen LogP contribution in [0.1, 0.15) is 25.7 Å². The van der Waals surface area contributed by atoms with Crippen molar-refractivity contribution >= 4 is 5.82 Å². The largest absolute Gasteiger partial charge is 0.381 e. The molecule has 2 heterocycles. The third kappa shape index (κ3) is 1.95. The van der Waals surface area contributed by atoms with E-state index in [-0.39, 0.29) is 6.04 Å². The Balaban J connectivity index is 2.20. The van der Waals surface area contributed by atoms with E-state index in [4.69, 9.17) is 5.73 Å². The van der Waals surface area contributed by atoms with Gasteiger partial charge in [0.2, 0.25) is 0 Å². The average molecular weight is 207 g/mol. The number of nitrogens with zero attached hydrogens (tertiary/aromatic N) is 6. The van der Waals surface area contributed by atoms with Gasteiger partial charge in [0, 0.05) is 6.04 Å². The van der Waals surface area contributed by atoms with E-state index in [0.717, 1.165) is 5.82 Å². The second kappa shape index (κ2) is 3.68. The summed E-state index contributed by atoms with van der Waals surface area (Å²) in [5.41, 5.74) is 5.47. The first-order valence-corrected chi connectivity index (χ1v) is 4.71. The molecule has 0 radical (unpaired) electrons. The first kappa shape index (κ1) is 9.63. The lowest BCUT2D eigenvalue weighted by molar-refractivity contribution is 0.485. The lowest BCUT2D eigenvalue weighted by Gasteiger charge is -2.08. The highest BCUT2D eigenvalue weighted by Gasteiger charge is 2.08. The summed E-state index contributed by atoms with van der Waals surface area (Å²) in [4.78, 5) is 4.16. The molecule has 0 spiro atoms. The fourth-order valence-electron chi connectivity index (χ4n) is 1.35. The molecular formula is C8H13N7. The predicted molar refractivity (Wildman–Crippen MR) is 53.9 cm³/mol. The van der Waals surface area contributed by atoms with Gasteiger partial charge in [-0.2, -0.15) is 5.10 Å². The Morgan fingerprint density at radius 3 is 2.87 bits per heavy atom. The van der Waals surface area contributed by atoms with Crippen LogP contribution in [0.2, 0.25) is 0 Å². The minimum absolute atomic E-state index is 0.281. The zero-order chi connectivity index (χ0) is 10.8. The normalized spacial score (nSPS) is 11.1. The van der Waals surface area contributed by atoms with Gasteiger partial charge in [-0.25, -0.2) is 14.3 Å². The highest BCUT2D eigenvalue weighted by atomic mass is 15.4. The molecule has 15 heavy (non-hydrogen) atoms. The molecular weight excluding hydrogens is 194 g/mol. The molecule has 0 amide bonds. The summed E-state index contributed by atoms with van der Waals surface area (Å²) in [7, 11) is 0. The molecule has 0 aliphatic carbocycles. The first-order valence-electron chi connectivity index (χ1n) is 4.71. The number of aromatic nitrogens is 6. The Hall–Kier alpha value is -1.92. The molecule has 7 nitrogen and oxygen atoms in total. The van der Waals surface area contributed by atoms with Crippen LogP contribution in [0.5, 0.6) is 0 Å². The molecule has 80 valence electrons. The van der Waals surface area contributed by atoms with Crippen molar-refractivity contribution in [2.45, 2.75) is 26.4 Å². The van der Waals surface area contributed by atoms with Gasteiger partial charge in [-0.3, -0.25) is 0 Å². The number of nitrogen functional groups attached to an aromatic ring is 1. The van der Waals surface area contributed by atoms with Crippen molar-refractivity contribution in [3.63, 3.8) is 0 Å². The highest BCUT2D eigenvalue weighted by Crippen LogP contribution is 2.06. The molecule has 7 heteroatoms. The van der Waals surface area contributed by atoms with Crippen LogP contribution in [0.3, 0.4) is 0 Å². The molecule has 2 rings (SSSR count). The molecule has 0 aliphatic heterocycles. The SMILES string of the molecule is CC(C)n1ncnc1Cn1cc(N)nn1. The van der Waals surface area contributed by atoms with E-state index < -0.39 is 0 Å². The van der Waals surface area contributed by atoms with Gasteiger partial charge in [0.1, 0.15) is 18.7 Å². The van der Waals surface area contributed by atoms with Gasteiger partial charge in [0.15, 0.2) is 5.82 Å². The molecule has 0 bridgehead atoms. The van der Waals surface area contributed by atoms with Crippen LogP contribution in [-0.4, -0.2) is 29.8 Å². The van der Waals surface area contributed by atoms with Crippen molar-refractivity contribution < 1.29 is 0 Å². The number of hydrogen-bond acceptors (Lipinski definition) is 5. The van der Waals surface area contributed by atoms with Gasteiger partial charge in [-0.05, 0) is 13.8 Å². The molecule has 0 saturated carbocycles. The Bertz CT molecular complexity index is 441. The lowest BCUT2D eigenvalue weighted by atomic mass is 10.4. The Kier molecular flexibility index (Phi) is 2.36. The minimum atomic E-state index is 0.281. The smallest absolute Gasteiger partial charge is 0.165 e. The van der Waals surface area contributed by atoms with Crippen LogP contribution < -0.4 is 5.73 Å². The average Bonchev–Trinajstić information content (AvgIpc) is 2.75. The summed E-state index contributed by atoms with van der Waals surface area (Å²) in [6.45, 7) is 4.63. The lowest BCUT2D eigenvalue weighted by Crippen LogP contribution is -2.12. The molecule has 0 saturated heterocycles. The topological polar surface area (TPSA) is 87.4 Å². The predicted octanol–water partition coefficient (Wildman–Crippen LogP) is 0.0810. The second-order valence-corrected chi connectivity index (χ2v) is 3.56. The summed E-state index contributed by atoms with van der Waals surface area (Å²) in [6.07, 6.45) is 3.20. The molecule has 2 aromatic heterocycles. The van der Waals surface area contributed by atoms with Gasteiger partial charge in [0.05, 0.1) is 6.20 Å². The van der Waals surface area contributed by atoms with Gasteiger partial charge < -0.3 is 5.73 Å².